The highest BCUT2D eigenvalue weighted by atomic mass is 16.7. The second kappa shape index (κ2) is 19.7. The summed E-state index contributed by atoms with van der Waals surface area (Å²) in [5.41, 5.74) is 0. The van der Waals surface area contributed by atoms with Crippen LogP contribution in [0.4, 0.5) is 0 Å². The van der Waals surface area contributed by atoms with Crippen molar-refractivity contribution in [3.8, 4) is 12.1 Å². The minimum Gasteiger partial charge on any atom is -0.378 e. The van der Waals surface area contributed by atoms with Crippen molar-refractivity contribution in [2.75, 3.05) is 66.4 Å². The molecule has 0 saturated heterocycles. The Hall–Kier alpha value is -1.26. The lowest BCUT2D eigenvalue weighted by Gasteiger charge is -2.07. The van der Waals surface area contributed by atoms with E-state index in [1.54, 1.807) is 0 Å². The molecule has 0 aliphatic rings. The number of rotatable bonds is 17. The van der Waals surface area contributed by atoms with Crippen LogP contribution >= 0.6 is 0 Å². The lowest BCUT2D eigenvalue weighted by molar-refractivity contribution is -0.108. The normalized spacial score (nSPS) is 10.3. The first-order valence-corrected chi connectivity index (χ1v) is 7.12. The van der Waals surface area contributed by atoms with Gasteiger partial charge in [0.15, 0.2) is 0 Å². The van der Waals surface area contributed by atoms with E-state index in [1.165, 1.54) is 0 Å². The molecule has 0 aromatic carbocycles. The largest absolute Gasteiger partial charge is 0.378 e. The van der Waals surface area contributed by atoms with Gasteiger partial charge in [-0.2, -0.15) is 10.5 Å². The molecule has 126 valence electrons. The van der Waals surface area contributed by atoms with Crippen molar-refractivity contribution < 1.29 is 28.4 Å². The van der Waals surface area contributed by atoms with E-state index in [1.807, 2.05) is 12.1 Å². The molecule has 0 heterocycles. The summed E-state index contributed by atoms with van der Waals surface area (Å²) in [5, 5.41) is 16.6. The second-order valence-corrected chi connectivity index (χ2v) is 3.91. The van der Waals surface area contributed by atoms with E-state index in [9.17, 15) is 0 Å². The van der Waals surface area contributed by atoms with E-state index in [0.29, 0.717) is 65.7 Å². The van der Waals surface area contributed by atoms with Gasteiger partial charge in [-0.3, -0.25) is 0 Å². The van der Waals surface area contributed by atoms with Gasteiger partial charge >= 0.3 is 0 Å². The fourth-order valence-corrected chi connectivity index (χ4v) is 1.15. The summed E-state index contributed by atoms with van der Waals surface area (Å²) < 4.78 is 30.9. The maximum absolute atomic E-state index is 8.28. The predicted octanol–water partition coefficient (Wildman–Crippen LogP) is 0.828. The third kappa shape index (κ3) is 18.7. The minimum absolute atomic E-state index is 0.179. The molecule has 0 aliphatic carbocycles. The van der Waals surface area contributed by atoms with E-state index in [4.69, 9.17) is 38.9 Å². The van der Waals surface area contributed by atoms with Crippen LogP contribution in [-0.4, -0.2) is 66.4 Å². The molecule has 8 nitrogen and oxygen atoms in total. The summed E-state index contributed by atoms with van der Waals surface area (Å²) in [6.07, 6.45) is 0.782. The van der Waals surface area contributed by atoms with Crippen molar-refractivity contribution in [3.05, 3.63) is 0 Å². The molecular formula is C14H24N2O6. The van der Waals surface area contributed by atoms with Crippen molar-refractivity contribution in [1.29, 1.82) is 10.5 Å². The van der Waals surface area contributed by atoms with Gasteiger partial charge in [-0.1, -0.05) is 0 Å². The lowest BCUT2D eigenvalue weighted by Crippen LogP contribution is -2.12. The molecule has 0 saturated carbocycles. The third-order valence-corrected chi connectivity index (χ3v) is 2.17. The number of hydrogen-bond donors (Lipinski definition) is 0. The zero-order valence-electron chi connectivity index (χ0n) is 12.8. The maximum atomic E-state index is 8.28. The highest BCUT2D eigenvalue weighted by Crippen LogP contribution is 1.86. The SMILES string of the molecule is N#CCCOCCOCOCCOCOCCOCCC#N. The number of nitriles is 2. The van der Waals surface area contributed by atoms with Crippen molar-refractivity contribution in [1.82, 2.24) is 0 Å². The molecular weight excluding hydrogens is 292 g/mol. The van der Waals surface area contributed by atoms with Gasteiger partial charge in [0.2, 0.25) is 0 Å². The van der Waals surface area contributed by atoms with Crippen LogP contribution in [0.3, 0.4) is 0 Å². The van der Waals surface area contributed by atoms with Gasteiger partial charge in [-0.25, -0.2) is 0 Å². The Morgan fingerprint density at radius 3 is 1.09 bits per heavy atom. The van der Waals surface area contributed by atoms with E-state index in [-0.39, 0.29) is 13.6 Å². The first-order chi connectivity index (χ1) is 10.9. The number of ether oxygens (including phenoxy) is 6. The fourth-order valence-electron chi connectivity index (χ4n) is 1.15. The van der Waals surface area contributed by atoms with Gasteiger partial charge in [0.1, 0.15) is 13.6 Å². The molecule has 0 N–H and O–H groups in total. The molecule has 0 bridgehead atoms. The van der Waals surface area contributed by atoms with Crippen molar-refractivity contribution in [3.63, 3.8) is 0 Å². The molecule has 0 spiro atoms. The molecule has 0 aliphatic heterocycles. The van der Waals surface area contributed by atoms with E-state index >= 15 is 0 Å². The van der Waals surface area contributed by atoms with Crippen molar-refractivity contribution >= 4 is 0 Å². The molecule has 0 atom stereocenters. The van der Waals surface area contributed by atoms with Gasteiger partial charge in [-0.15, -0.1) is 0 Å². The predicted molar refractivity (Wildman–Crippen MR) is 75.6 cm³/mol. The second-order valence-electron chi connectivity index (χ2n) is 3.91. The lowest BCUT2D eigenvalue weighted by atomic mass is 10.5. The topological polar surface area (TPSA) is 103 Å². The number of hydrogen-bond acceptors (Lipinski definition) is 8. The first-order valence-electron chi connectivity index (χ1n) is 7.12. The molecule has 0 radical (unpaired) electrons. The molecule has 0 aromatic rings. The Morgan fingerprint density at radius 1 is 0.455 bits per heavy atom. The Labute approximate surface area is 131 Å². The standard InChI is InChI=1S/C14H24N2O6/c15-3-1-5-17-7-9-19-13-21-11-12-22-14-20-10-8-18-6-2-4-16/h1-2,5-14H2. The molecule has 0 amide bonds. The van der Waals surface area contributed by atoms with Crippen LogP contribution in [0.2, 0.25) is 0 Å². The summed E-state index contributed by atoms with van der Waals surface area (Å²) in [6.45, 7) is 3.81. The van der Waals surface area contributed by atoms with Gasteiger partial charge in [0.05, 0.1) is 77.8 Å². The zero-order valence-corrected chi connectivity index (χ0v) is 12.8. The van der Waals surface area contributed by atoms with Gasteiger partial charge in [-0.05, 0) is 0 Å². The minimum atomic E-state index is 0.179. The smallest absolute Gasteiger partial charge is 0.146 e. The average Bonchev–Trinajstić information content (AvgIpc) is 2.54. The number of nitrogens with zero attached hydrogens (tertiary/aromatic N) is 2. The average molecular weight is 316 g/mol. The van der Waals surface area contributed by atoms with Crippen molar-refractivity contribution in [2.24, 2.45) is 0 Å². The molecule has 0 aromatic heterocycles. The summed E-state index contributed by atoms with van der Waals surface area (Å²) in [4.78, 5) is 0. The highest BCUT2D eigenvalue weighted by molar-refractivity contribution is 4.67. The van der Waals surface area contributed by atoms with Crippen molar-refractivity contribution in [2.45, 2.75) is 12.8 Å². The van der Waals surface area contributed by atoms with Crippen LogP contribution in [0.1, 0.15) is 12.8 Å². The Morgan fingerprint density at radius 2 is 0.773 bits per heavy atom. The van der Waals surface area contributed by atoms with Crippen LogP contribution in [0, 0.1) is 22.7 Å². The summed E-state index contributed by atoms with van der Waals surface area (Å²) >= 11 is 0. The summed E-state index contributed by atoms with van der Waals surface area (Å²) in [6, 6.07) is 3.98. The molecule has 8 heteroatoms. The summed E-state index contributed by atoms with van der Waals surface area (Å²) in [7, 11) is 0. The Balaban J connectivity index is 2.94. The van der Waals surface area contributed by atoms with Crippen LogP contribution < -0.4 is 0 Å². The van der Waals surface area contributed by atoms with E-state index < -0.39 is 0 Å². The molecule has 22 heavy (non-hydrogen) atoms. The van der Waals surface area contributed by atoms with E-state index in [2.05, 4.69) is 0 Å². The van der Waals surface area contributed by atoms with Crippen LogP contribution in [-0.2, 0) is 28.4 Å². The molecule has 0 fully saturated rings. The first kappa shape index (κ1) is 20.7. The van der Waals surface area contributed by atoms with Crippen LogP contribution in [0.15, 0.2) is 0 Å². The van der Waals surface area contributed by atoms with Crippen LogP contribution in [0.5, 0.6) is 0 Å². The Kier molecular flexibility index (Phi) is 18.6. The van der Waals surface area contributed by atoms with Gasteiger partial charge < -0.3 is 28.4 Å². The van der Waals surface area contributed by atoms with Gasteiger partial charge in [0, 0.05) is 0 Å². The highest BCUT2D eigenvalue weighted by Gasteiger charge is 1.93. The molecule has 0 rings (SSSR count). The van der Waals surface area contributed by atoms with Gasteiger partial charge in [0.25, 0.3) is 0 Å². The quantitative estimate of drug-likeness (QED) is 0.287. The maximum Gasteiger partial charge on any atom is 0.146 e. The molecule has 0 unspecified atom stereocenters. The zero-order chi connectivity index (χ0) is 16.1. The summed E-state index contributed by atoms with van der Waals surface area (Å²) in [5.74, 6) is 0. The fraction of sp³-hybridized carbons (Fsp3) is 0.857. The third-order valence-electron chi connectivity index (χ3n) is 2.17. The van der Waals surface area contributed by atoms with E-state index in [0.717, 1.165) is 0 Å². The van der Waals surface area contributed by atoms with Crippen LogP contribution in [0.25, 0.3) is 0 Å². The monoisotopic (exact) mass is 316 g/mol. The Bertz CT molecular complexity index is 273.